The summed E-state index contributed by atoms with van der Waals surface area (Å²) in [6.07, 6.45) is 3.30. The summed E-state index contributed by atoms with van der Waals surface area (Å²) in [6, 6.07) is 8.24. The van der Waals surface area contributed by atoms with Crippen LogP contribution in [0.15, 0.2) is 34.8 Å². The molecule has 0 bridgehead atoms. The van der Waals surface area contributed by atoms with Crippen molar-refractivity contribution in [3.05, 3.63) is 68.7 Å². The molecular weight excluding hydrogens is 336 g/mol. The van der Waals surface area contributed by atoms with Crippen LogP contribution in [0.4, 0.5) is 8.78 Å². The Morgan fingerprint density at radius 3 is 2.38 bits per heavy atom. The maximum absolute atomic E-state index is 14.2. The lowest BCUT2D eigenvalue weighted by Gasteiger charge is -2.20. The van der Waals surface area contributed by atoms with Gasteiger partial charge in [-0.05, 0) is 55.1 Å². The zero-order valence-electron chi connectivity index (χ0n) is 11.7. The third kappa shape index (κ3) is 2.74. The summed E-state index contributed by atoms with van der Waals surface area (Å²) in [5.41, 5.74) is 3.62. The summed E-state index contributed by atoms with van der Waals surface area (Å²) < 4.78 is 28.8. The fourth-order valence-electron chi connectivity index (χ4n) is 3.08. The minimum Gasteiger partial charge on any atom is -0.309 e. The average molecular weight is 352 g/mol. The number of hydrogen-bond donors (Lipinski definition) is 1. The van der Waals surface area contributed by atoms with E-state index in [1.54, 1.807) is 7.05 Å². The third-order valence-corrected chi connectivity index (χ3v) is 4.53. The van der Waals surface area contributed by atoms with Gasteiger partial charge >= 0.3 is 0 Å². The normalized spacial score (nSPS) is 15.0. The van der Waals surface area contributed by atoms with Crippen LogP contribution in [-0.2, 0) is 12.8 Å². The molecule has 1 atom stereocenters. The van der Waals surface area contributed by atoms with E-state index in [1.165, 1.54) is 23.3 Å². The van der Waals surface area contributed by atoms with Crippen LogP contribution in [0.2, 0.25) is 0 Å². The van der Waals surface area contributed by atoms with Crippen molar-refractivity contribution in [2.75, 3.05) is 7.05 Å². The van der Waals surface area contributed by atoms with Crippen LogP contribution in [0.3, 0.4) is 0 Å². The Balaban J connectivity index is 2.07. The summed E-state index contributed by atoms with van der Waals surface area (Å²) in [6.45, 7) is 0. The van der Waals surface area contributed by atoms with E-state index in [9.17, 15) is 8.78 Å². The van der Waals surface area contributed by atoms with E-state index in [-0.39, 0.29) is 5.56 Å². The van der Waals surface area contributed by atoms with Crippen molar-refractivity contribution in [1.29, 1.82) is 0 Å². The van der Waals surface area contributed by atoms with E-state index in [4.69, 9.17) is 0 Å². The molecule has 1 aliphatic carbocycles. The van der Waals surface area contributed by atoms with Gasteiger partial charge in [0.05, 0.1) is 6.04 Å². The first-order chi connectivity index (χ1) is 10.1. The van der Waals surface area contributed by atoms with Gasteiger partial charge in [-0.2, -0.15) is 0 Å². The van der Waals surface area contributed by atoms with Gasteiger partial charge in [0, 0.05) is 10.0 Å². The Kier molecular flexibility index (Phi) is 4.09. The molecule has 0 saturated heterocycles. The molecule has 0 amide bonds. The van der Waals surface area contributed by atoms with E-state index in [2.05, 4.69) is 33.4 Å². The molecule has 1 aliphatic rings. The smallest absolute Gasteiger partial charge is 0.132 e. The Morgan fingerprint density at radius 1 is 1.05 bits per heavy atom. The number of halogens is 3. The molecule has 0 heterocycles. The molecule has 0 radical (unpaired) electrons. The Morgan fingerprint density at radius 2 is 1.71 bits per heavy atom. The maximum Gasteiger partial charge on any atom is 0.132 e. The number of nitrogens with one attached hydrogen (secondary N) is 1. The highest BCUT2D eigenvalue weighted by atomic mass is 79.9. The second-order valence-electron chi connectivity index (χ2n) is 5.39. The molecule has 1 unspecified atom stereocenters. The van der Waals surface area contributed by atoms with Crippen molar-refractivity contribution in [1.82, 2.24) is 5.32 Å². The van der Waals surface area contributed by atoms with Crippen LogP contribution in [-0.4, -0.2) is 7.05 Å². The summed E-state index contributed by atoms with van der Waals surface area (Å²) >= 11 is 3.11. The Labute approximate surface area is 131 Å². The summed E-state index contributed by atoms with van der Waals surface area (Å²) in [5, 5.41) is 3.03. The second-order valence-corrected chi connectivity index (χ2v) is 6.30. The van der Waals surface area contributed by atoms with Gasteiger partial charge in [-0.3, -0.25) is 0 Å². The van der Waals surface area contributed by atoms with Crippen molar-refractivity contribution in [3.8, 4) is 0 Å². The van der Waals surface area contributed by atoms with Crippen molar-refractivity contribution < 1.29 is 8.78 Å². The van der Waals surface area contributed by atoms with Gasteiger partial charge in [0.25, 0.3) is 0 Å². The molecule has 0 spiro atoms. The largest absolute Gasteiger partial charge is 0.309 e. The predicted octanol–water partition coefficient (Wildman–Crippen LogP) is 4.52. The molecule has 21 heavy (non-hydrogen) atoms. The zero-order valence-corrected chi connectivity index (χ0v) is 13.3. The lowest BCUT2D eigenvalue weighted by molar-refractivity contribution is 0.521. The highest BCUT2D eigenvalue weighted by Crippen LogP contribution is 2.32. The summed E-state index contributed by atoms with van der Waals surface area (Å²) in [7, 11) is 1.72. The predicted molar refractivity (Wildman–Crippen MR) is 83.4 cm³/mol. The molecule has 2 aromatic carbocycles. The number of hydrogen-bond acceptors (Lipinski definition) is 1. The van der Waals surface area contributed by atoms with E-state index < -0.39 is 17.7 Å². The molecule has 0 saturated carbocycles. The Bertz CT molecular complexity index is 661. The highest BCUT2D eigenvalue weighted by Gasteiger charge is 2.22. The molecule has 1 N–H and O–H groups in total. The molecule has 4 heteroatoms. The average Bonchev–Trinajstić information content (AvgIpc) is 2.89. The van der Waals surface area contributed by atoms with Crippen LogP contribution < -0.4 is 5.32 Å². The van der Waals surface area contributed by atoms with Crippen molar-refractivity contribution in [3.63, 3.8) is 0 Å². The second kappa shape index (κ2) is 5.85. The Hall–Kier alpha value is -1.26. The highest BCUT2D eigenvalue weighted by molar-refractivity contribution is 9.10. The van der Waals surface area contributed by atoms with Crippen LogP contribution in [0, 0.1) is 11.6 Å². The third-order valence-electron chi connectivity index (χ3n) is 4.08. The van der Waals surface area contributed by atoms with E-state index >= 15 is 0 Å². The first kappa shape index (κ1) is 14.7. The molecule has 0 aliphatic heterocycles. The van der Waals surface area contributed by atoms with Gasteiger partial charge in [0.2, 0.25) is 0 Å². The van der Waals surface area contributed by atoms with Gasteiger partial charge in [-0.1, -0.05) is 34.1 Å². The monoisotopic (exact) mass is 351 g/mol. The van der Waals surface area contributed by atoms with Crippen LogP contribution in [0.25, 0.3) is 0 Å². The number of benzene rings is 2. The SMILES string of the molecule is CNC(c1ccc2c(c1)CCC2)c1c(F)cc(Br)cc1F. The first-order valence-corrected chi connectivity index (χ1v) is 7.83. The fraction of sp³-hybridized carbons (Fsp3) is 0.294. The minimum absolute atomic E-state index is 0.0682. The molecule has 0 aromatic heterocycles. The molecule has 110 valence electrons. The van der Waals surface area contributed by atoms with Crippen molar-refractivity contribution >= 4 is 15.9 Å². The van der Waals surface area contributed by atoms with E-state index in [0.29, 0.717) is 4.47 Å². The van der Waals surface area contributed by atoms with Gasteiger partial charge in [0.15, 0.2) is 0 Å². The quantitative estimate of drug-likeness (QED) is 0.856. The molecule has 3 rings (SSSR count). The standard InChI is InChI=1S/C17H16BrF2N/c1-21-17(16-14(19)8-13(18)9-15(16)20)12-6-5-10-3-2-4-11(10)7-12/h5-9,17,21H,2-4H2,1H3. The fourth-order valence-corrected chi connectivity index (χ4v) is 3.48. The molecule has 0 fully saturated rings. The van der Waals surface area contributed by atoms with E-state index in [0.717, 1.165) is 24.8 Å². The molecule has 1 nitrogen and oxygen atoms in total. The number of fused-ring (bicyclic) bond motifs is 1. The first-order valence-electron chi connectivity index (χ1n) is 7.03. The van der Waals surface area contributed by atoms with Gasteiger partial charge in [0.1, 0.15) is 11.6 Å². The summed E-state index contributed by atoms with van der Waals surface area (Å²) in [4.78, 5) is 0. The van der Waals surface area contributed by atoms with Crippen LogP contribution in [0.5, 0.6) is 0 Å². The van der Waals surface area contributed by atoms with Gasteiger partial charge in [-0.15, -0.1) is 0 Å². The minimum atomic E-state index is -0.540. The lowest BCUT2D eigenvalue weighted by Crippen LogP contribution is -2.20. The van der Waals surface area contributed by atoms with Crippen LogP contribution >= 0.6 is 15.9 Å². The molecule has 2 aromatic rings. The number of rotatable bonds is 3. The topological polar surface area (TPSA) is 12.0 Å². The maximum atomic E-state index is 14.2. The van der Waals surface area contributed by atoms with Gasteiger partial charge in [-0.25, -0.2) is 8.78 Å². The van der Waals surface area contributed by atoms with Crippen molar-refractivity contribution in [2.45, 2.75) is 25.3 Å². The lowest BCUT2D eigenvalue weighted by atomic mass is 9.95. The summed E-state index contributed by atoms with van der Waals surface area (Å²) in [5.74, 6) is -1.08. The number of aryl methyl sites for hydroxylation is 2. The van der Waals surface area contributed by atoms with Crippen LogP contribution in [0.1, 0.15) is 34.7 Å². The van der Waals surface area contributed by atoms with E-state index in [1.807, 2.05) is 6.07 Å². The van der Waals surface area contributed by atoms with Gasteiger partial charge < -0.3 is 5.32 Å². The molecular formula is C17H16BrF2N. The van der Waals surface area contributed by atoms with Crippen molar-refractivity contribution in [2.24, 2.45) is 0 Å². The zero-order chi connectivity index (χ0) is 15.0.